The van der Waals surface area contributed by atoms with Crippen molar-refractivity contribution in [3.8, 4) is 0 Å². The molecule has 2 fully saturated rings. The first-order chi connectivity index (χ1) is 12.7. The number of aryl methyl sites for hydroxylation is 1. The van der Waals surface area contributed by atoms with Crippen molar-refractivity contribution in [3.05, 3.63) is 29.3 Å². The van der Waals surface area contributed by atoms with Crippen LogP contribution < -0.4 is 5.73 Å². The number of rotatable bonds is 3. The number of carbonyl (C=O) groups is 1. The Bertz CT molecular complexity index is 802. The van der Waals surface area contributed by atoms with Crippen LogP contribution in [0.25, 0.3) is 0 Å². The Morgan fingerprint density at radius 2 is 1.64 bits per heavy atom. The number of ether oxygens (including phenoxy) is 1. The average Bonchev–Trinajstić information content (AvgIpc) is 2.62. The van der Waals surface area contributed by atoms with Crippen LogP contribution in [-0.4, -0.2) is 79.3 Å². The molecule has 8 nitrogen and oxygen atoms in total. The van der Waals surface area contributed by atoms with E-state index in [1.165, 1.54) is 8.61 Å². The maximum atomic E-state index is 13.0. The lowest BCUT2D eigenvalue weighted by molar-refractivity contribution is -0.0457. The van der Waals surface area contributed by atoms with Gasteiger partial charge >= 0.3 is 0 Å². The molecule has 0 bridgehead atoms. The van der Waals surface area contributed by atoms with Crippen molar-refractivity contribution < 1.29 is 17.9 Å². The fourth-order valence-electron chi connectivity index (χ4n) is 3.64. The lowest BCUT2D eigenvalue weighted by Gasteiger charge is -2.40. The predicted octanol–water partition coefficient (Wildman–Crippen LogP) is 1.11. The topological polar surface area (TPSA) is 96.2 Å². The third kappa shape index (κ3) is 4.77. The Labute approximate surface area is 173 Å². The van der Waals surface area contributed by atoms with Gasteiger partial charge in [-0.1, -0.05) is 6.07 Å². The highest BCUT2D eigenvalue weighted by atomic mass is 35.5. The predicted molar refractivity (Wildman–Crippen MR) is 111 cm³/mol. The molecule has 1 aromatic rings. The van der Waals surface area contributed by atoms with E-state index < -0.39 is 10.2 Å². The zero-order valence-electron chi connectivity index (χ0n) is 16.5. The van der Waals surface area contributed by atoms with Crippen LogP contribution in [0, 0.1) is 6.92 Å². The van der Waals surface area contributed by atoms with E-state index in [0.717, 1.165) is 5.56 Å². The highest BCUT2D eigenvalue weighted by molar-refractivity contribution is 7.86. The molecule has 1 amide bonds. The second-order valence-corrected chi connectivity index (χ2v) is 9.28. The number of hydrogen-bond acceptors (Lipinski definition) is 5. The molecule has 2 atom stereocenters. The standard InChI is InChI=1S/C18H28N4O4S.ClH/c1-13-4-5-16(19)10-17(13)18(23)20-6-8-21(9-7-20)27(24,25)22-11-14(2)26-15(3)12-22;/h4-5,10,14-15H,6-9,11-12,19H2,1-3H3;1H. The van der Waals surface area contributed by atoms with Crippen molar-refractivity contribution in [3.63, 3.8) is 0 Å². The van der Waals surface area contributed by atoms with Crippen LogP contribution in [0.15, 0.2) is 18.2 Å². The number of piperazine rings is 1. The summed E-state index contributed by atoms with van der Waals surface area (Å²) in [4.78, 5) is 14.5. The summed E-state index contributed by atoms with van der Waals surface area (Å²) in [7, 11) is -3.55. The van der Waals surface area contributed by atoms with Gasteiger partial charge in [-0.3, -0.25) is 4.79 Å². The Morgan fingerprint density at radius 1 is 1.07 bits per heavy atom. The van der Waals surface area contributed by atoms with E-state index in [1.54, 1.807) is 17.0 Å². The van der Waals surface area contributed by atoms with Gasteiger partial charge in [0.05, 0.1) is 12.2 Å². The first kappa shape index (κ1) is 22.9. The van der Waals surface area contributed by atoms with E-state index >= 15 is 0 Å². The molecule has 0 saturated carbocycles. The lowest BCUT2D eigenvalue weighted by Crippen LogP contribution is -2.57. The van der Waals surface area contributed by atoms with E-state index in [-0.39, 0.29) is 43.6 Å². The van der Waals surface area contributed by atoms with Gasteiger partial charge in [0.1, 0.15) is 0 Å². The lowest BCUT2D eigenvalue weighted by atomic mass is 10.1. The first-order valence-corrected chi connectivity index (χ1v) is 10.6. The molecule has 0 aromatic heterocycles. The maximum absolute atomic E-state index is 13.0. The molecule has 0 spiro atoms. The van der Waals surface area contributed by atoms with E-state index in [9.17, 15) is 13.2 Å². The number of amides is 1. The van der Waals surface area contributed by atoms with Gasteiger partial charge in [-0.15, -0.1) is 12.4 Å². The molecule has 2 saturated heterocycles. The van der Waals surface area contributed by atoms with Crippen molar-refractivity contribution in [2.45, 2.75) is 33.0 Å². The van der Waals surface area contributed by atoms with Gasteiger partial charge in [-0.05, 0) is 38.5 Å². The summed E-state index contributed by atoms with van der Waals surface area (Å²) in [5.74, 6) is -0.106. The number of halogens is 1. The summed E-state index contributed by atoms with van der Waals surface area (Å²) in [6, 6.07) is 5.27. The minimum Gasteiger partial charge on any atom is -0.399 e. The molecule has 3 rings (SSSR count). The van der Waals surface area contributed by atoms with Crippen LogP contribution in [0.5, 0.6) is 0 Å². The van der Waals surface area contributed by atoms with Gasteiger partial charge in [0, 0.05) is 50.5 Å². The van der Waals surface area contributed by atoms with Crippen LogP contribution in [0.2, 0.25) is 0 Å². The van der Waals surface area contributed by atoms with E-state index in [1.807, 2.05) is 26.8 Å². The highest BCUT2D eigenvalue weighted by Crippen LogP contribution is 2.20. The smallest absolute Gasteiger partial charge is 0.282 e. The molecule has 2 N–H and O–H groups in total. The van der Waals surface area contributed by atoms with Crippen molar-refractivity contribution in [2.24, 2.45) is 0 Å². The van der Waals surface area contributed by atoms with Crippen molar-refractivity contribution >= 4 is 34.2 Å². The third-order valence-corrected chi connectivity index (χ3v) is 7.03. The summed E-state index contributed by atoms with van der Waals surface area (Å²) < 4.78 is 34.5. The molecule has 2 unspecified atom stereocenters. The minimum atomic E-state index is -3.55. The number of nitrogen functional groups attached to an aromatic ring is 1. The molecular weight excluding hydrogens is 404 g/mol. The normalized spacial score (nSPS) is 24.6. The van der Waals surface area contributed by atoms with Crippen LogP contribution in [0.4, 0.5) is 5.69 Å². The van der Waals surface area contributed by atoms with Crippen LogP contribution in [0.3, 0.4) is 0 Å². The molecule has 1 aromatic carbocycles. The number of benzene rings is 1. The van der Waals surface area contributed by atoms with E-state index in [2.05, 4.69) is 0 Å². The van der Waals surface area contributed by atoms with Crippen LogP contribution >= 0.6 is 12.4 Å². The van der Waals surface area contributed by atoms with Gasteiger partial charge in [0.15, 0.2) is 0 Å². The van der Waals surface area contributed by atoms with Crippen LogP contribution in [-0.2, 0) is 14.9 Å². The van der Waals surface area contributed by atoms with Gasteiger partial charge < -0.3 is 15.4 Å². The minimum absolute atomic E-state index is 0. The number of hydrogen-bond donors (Lipinski definition) is 1. The molecule has 2 aliphatic rings. The monoisotopic (exact) mass is 432 g/mol. The molecule has 28 heavy (non-hydrogen) atoms. The largest absolute Gasteiger partial charge is 0.399 e. The summed E-state index contributed by atoms with van der Waals surface area (Å²) in [5.41, 5.74) is 7.78. The molecule has 0 aliphatic carbocycles. The fourth-order valence-corrected chi connectivity index (χ4v) is 5.39. The highest BCUT2D eigenvalue weighted by Gasteiger charge is 2.37. The second kappa shape index (κ2) is 8.96. The average molecular weight is 433 g/mol. The Morgan fingerprint density at radius 3 is 2.21 bits per heavy atom. The third-order valence-electron chi connectivity index (χ3n) is 5.06. The van der Waals surface area contributed by atoms with E-state index in [4.69, 9.17) is 10.5 Å². The Balaban J connectivity index is 0.00000280. The summed E-state index contributed by atoms with van der Waals surface area (Å²) in [5, 5.41) is 0. The SMILES string of the molecule is Cc1ccc(N)cc1C(=O)N1CCN(S(=O)(=O)N2CC(C)OC(C)C2)CC1.Cl. The van der Waals surface area contributed by atoms with E-state index in [0.29, 0.717) is 37.4 Å². The number of morpholine rings is 1. The fraction of sp³-hybridized carbons (Fsp3) is 0.611. The first-order valence-electron chi connectivity index (χ1n) is 9.24. The molecule has 10 heteroatoms. The number of anilines is 1. The number of carbonyl (C=O) groups excluding carboxylic acids is 1. The molecular formula is C18H29ClN4O4S. The Kier molecular flexibility index (Phi) is 7.33. The van der Waals surface area contributed by atoms with Crippen LogP contribution in [0.1, 0.15) is 29.8 Å². The summed E-state index contributed by atoms with van der Waals surface area (Å²) in [6.45, 7) is 7.64. The zero-order chi connectivity index (χ0) is 19.8. The van der Waals surface area contributed by atoms with Gasteiger partial charge in [0.2, 0.25) is 0 Å². The quantitative estimate of drug-likeness (QED) is 0.722. The van der Waals surface area contributed by atoms with Crippen molar-refractivity contribution in [1.82, 2.24) is 13.5 Å². The van der Waals surface area contributed by atoms with Gasteiger partial charge in [-0.2, -0.15) is 17.0 Å². The van der Waals surface area contributed by atoms with Crippen molar-refractivity contribution in [2.75, 3.05) is 45.0 Å². The molecule has 158 valence electrons. The summed E-state index contributed by atoms with van der Waals surface area (Å²) >= 11 is 0. The van der Waals surface area contributed by atoms with Gasteiger partial charge in [-0.25, -0.2) is 0 Å². The van der Waals surface area contributed by atoms with Gasteiger partial charge in [0.25, 0.3) is 16.1 Å². The second-order valence-electron chi connectivity index (χ2n) is 7.35. The number of nitrogens with two attached hydrogens (primary N) is 1. The zero-order valence-corrected chi connectivity index (χ0v) is 18.1. The maximum Gasteiger partial charge on any atom is 0.282 e. The number of nitrogens with zero attached hydrogens (tertiary/aromatic N) is 3. The summed E-state index contributed by atoms with van der Waals surface area (Å²) in [6.07, 6.45) is -0.254. The molecule has 2 aliphatic heterocycles. The Hall–Kier alpha value is -1.39. The molecule has 2 heterocycles. The van der Waals surface area contributed by atoms with Crippen molar-refractivity contribution in [1.29, 1.82) is 0 Å². The molecule has 0 radical (unpaired) electrons.